The second kappa shape index (κ2) is 18.3. The SMILES string of the molecule is CCCC(C)OC(=O)OC(C)CN[C@@H](Cc1ccc(OC(=O)CC(C)CC)c(OC(=O)CC(C)CC)c1)C(=O)O. The van der Waals surface area contributed by atoms with E-state index in [2.05, 4.69) is 5.32 Å². The highest BCUT2D eigenvalue weighted by Crippen LogP contribution is 2.31. The molecular formula is C30H47NO9. The molecule has 0 aliphatic carbocycles. The lowest BCUT2D eigenvalue weighted by atomic mass is 10.0. The summed E-state index contributed by atoms with van der Waals surface area (Å²) >= 11 is 0. The quantitative estimate of drug-likeness (QED) is 0.169. The zero-order valence-electron chi connectivity index (χ0n) is 25.0. The molecule has 0 aromatic heterocycles. The minimum atomic E-state index is -1.11. The Hall–Kier alpha value is -3.14. The van der Waals surface area contributed by atoms with Crippen LogP contribution in [0.3, 0.4) is 0 Å². The van der Waals surface area contributed by atoms with E-state index in [1.54, 1.807) is 19.9 Å². The standard InChI is InChI=1S/C30H47NO9/c1-8-11-21(6)37-30(36)38-22(7)18-31-24(29(34)35)16-23-12-13-25(39-27(32)14-19(4)9-2)26(17-23)40-28(33)15-20(5)10-3/h12-13,17,19-22,24,31H,8-11,14-16,18H2,1-7H3,(H,34,35)/t19?,20?,21?,22?,24-/m0/s1. The molecule has 10 heteroatoms. The second-order valence-corrected chi connectivity index (χ2v) is 10.6. The number of carboxylic acid groups (broad SMARTS) is 1. The van der Waals surface area contributed by atoms with Crippen LogP contribution in [0.5, 0.6) is 11.5 Å². The summed E-state index contributed by atoms with van der Waals surface area (Å²) in [6.07, 6.45) is 1.95. The minimum Gasteiger partial charge on any atom is -0.480 e. The van der Waals surface area contributed by atoms with Gasteiger partial charge < -0.3 is 29.4 Å². The van der Waals surface area contributed by atoms with E-state index in [-0.39, 0.29) is 55.2 Å². The highest BCUT2D eigenvalue weighted by molar-refractivity contribution is 5.77. The number of carbonyl (C=O) groups is 4. The third-order valence-electron chi connectivity index (χ3n) is 6.56. The van der Waals surface area contributed by atoms with Crippen molar-refractivity contribution < 1.29 is 43.2 Å². The largest absolute Gasteiger partial charge is 0.508 e. The molecule has 0 aliphatic rings. The molecular weight excluding hydrogens is 518 g/mol. The summed E-state index contributed by atoms with van der Waals surface area (Å²) in [7, 11) is 0. The summed E-state index contributed by atoms with van der Waals surface area (Å²) in [6.45, 7) is 13.3. The van der Waals surface area contributed by atoms with Gasteiger partial charge in [0.05, 0.1) is 0 Å². The molecule has 0 fully saturated rings. The van der Waals surface area contributed by atoms with Crippen LogP contribution in [-0.2, 0) is 30.3 Å². The molecule has 0 amide bonds. The van der Waals surface area contributed by atoms with Crippen molar-refractivity contribution in [3.8, 4) is 11.5 Å². The van der Waals surface area contributed by atoms with Crippen LogP contribution in [-0.4, -0.2) is 54.0 Å². The van der Waals surface area contributed by atoms with Crippen LogP contribution < -0.4 is 14.8 Å². The molecule has 1 aromatic rings. The van der Waals surface area contributed by atoms with Crippen molar-refractivity contribution in [3.05, 3.63) is 23.8 Å². The number of nitrogens with one attached hydrogen (secondary N) is 1. The Morgan fingerprint density at radius 2 is 1.38 bits per heavy atom. The number of aliphatic carboxylic acids is 1. The van der Waals surface area contributed by atoms with Crippen LogP contribution in [0.1, 0.15) is 92.6 Å². The zero-order valence-corrected chi connectivity index (χ0v) is 25.0. The highest BCUT2D eigenvalue weighted by atomic mass is 16.7. The Labute approximate surface area is 238 Å². The molecule has 0 aliphatic heterocycles. The predicted octanol–water partition coefficient (Wildman–Crippen LogP) is 5.69. The summed E-state index contributed by atoms with van der Waals surface area (Å²) in [5.41, 5.74) is 0.550. The summed E-state index contributed by atoms with van der Waals surface area (Å²) < 4.78 is 21.5. The Morgan fingerprint density at radius 3 is 1.90 bits per heavy atom. The molecule has 0 bridgehead atoms. The van der Waals surface area contributed by atoms with Crippen LogP contribution in [0.15, 0.2) is 18.2 Å². The van der Waals surface area contributed by atoms with Gasteiger partial charge in [-0.05, 0) is 56.2 Å². The number of carboxylic acids is 1. The fraction of sp³-hybridized carbons (Fsp3) is 0.667. The minimum absolute atomic E-state index is 0.0387. The third kappa shape index (κ3) is 13.8. The third-order valence-corrected chi connectivity index (χ3v) is 6.56. The summed E-state index contributed by atoms with van der Waals surface area (Å²) in [5.74, 6) is -1.60. The summed E-state index contributed by atoms with van der Waals surface area (Å²) in [6, 6.07) is 3.63. The number of esters is 2. The molecule has 0 saturated carbocycles. The molecule has 0 saturated heterocycles. The molecule has 226 valence electrons. The molecule has 1 aromatic carbocycles. The monoisotopic (exact) mass is 565 g/mol. The van der Waals surface area contributed by atoms with Gasteiger partial charge in [0.2, 0.25) is 0 Å². The van der Waals surface area contributed by atoms with Gasteiger partial charge in [0.15, 0.2) is 11.5 Å². The number of rotatable bonds is 18. The van der Waals surface area contributed by atoms with Crippen LogP contribution >= 0.6 is 0 Å². The van der Waals surface area contributed by atoms with Crippen molar-refractivity contribution in [2.45, 2.75) is 112 Å². The maximum absolute atomic E-state index is 12.5. The molecule has 0 heterocycles. The number of hydrogen-bond donors (Lipinski definition) is 2. The lowest BCUT2D eigenvalue weighted by molar-refractivity contribution is -0.139. The molecule has 10 nitrogen and oxygen atoms in total. The number of carbonyl (C=O) groups excluding carboxylic acids is 3. The molecule has 2 N–H and O–H groups in total. The van der Waals surface area contributed by atoms with Crippen molar-refractivity contribution in [2.75, 3.05) is 6.54 Å². The van der Waals surface area contributed by atoms with Gasteiger partial charge in [-0.2, -0.15) is 0 Å². The van der Waals surface area contributed by atoms with E-state index < -0.39 is 36.2 Å². The summed E-state index contributed by atoms with van der Waals surface area (Å²) in [5, 5.41) is 12.7. The first kappa shape index (κ1) is 34.9. The van der Waals surface area contributed by atoms with Crippen LogP contribution in [0.25, 0.3) is 0 Å². The van der Waals surface area contributed by atoms with E-state index in [4.69, 9.17) is 18.9 Å². The van der Waals surface area contributed by atoms with Crippen LogP contribution in [0.2, 0.25) is 0 Å². The van der Waals surface area contributed by atoms with E-state index >= 15 is 0 Å². The first-order valence-corrected chi connectivity index (χ1v) is 14.3. The number of benzene rings is 1. The highest BCUT2D eigenvalue weighted by Gasteiger charge is 2.23. The maximum Gasteiger partial charge on any atom is 0.508 e. The molecule has 5 atom stereocenters. The van der Waals surface area contributed by atoms with Crippen molar-refractivity contribution in [1.82, 2.24) is 5.32 Å². The van der Waals surface area contributed by atoms with E-state index in [1.165, 1.54) is 12.1 Å². The van der Waals surface area contributed by atoms with Gasteiger partial charge in [0.1, 0.15) is 18.2 Å². The van der Waals surface area contributed by atoms with Gasteiger partial charge >= 0.3 is 24.1 Å². The Bertz CT molecular complexity index is 964. The Balaban J connectivity index is 2.97. The fourth-order valence-electron chi connectivity index (χ4n) is 3.68. The second-order valence-electron chi connectivity index (χ2n) is 10.6. The first-order chi connectivity index (χ1) is 18.9. The van der Waals surface area contributed by atoms with Crippen molar-refractivity contribution in [3.63, 3.8) is 0 Å². The smallest absolute Gasteiger partial charge is 0.480 e. The van der Waals surface area contributed by atoms with E-state index in [9.17, 15) is 24.3 Å². The van der Waals surface area contributed by atoms with Crippen LogP contribution in [0, 0.1) is 11.8 Å². The zero-order chi connectivity index (χ0) is 30.2. The molecule has 40 heavy (non-hydrogen) atoms. The van der Waals surface area contributed by atoms with Crippen molar-refractivity contribution >= 4 is 24.1 Å². The maximum atomic E-state index is 12.5. The normalized spacial score (nSPS) is 14.8. The van der Waals surface area contributed by atoms with Crippen LogP contribution in [0.4, 0.5) is 4.79 Å². The van der Waals surface area contributed by atoms with E-state index in [0.29, 0.717) is 12.0 Å². The van der Waals surface area contributed by atoms with Gasteiger partial charge in [0, 0.05) is 19.4 Å². The van der Waals surface area contributed by atoms with Crippen molar-refractivity contribution in [2.24, 2.45) is 11.8 Å². The molecule has 0 spiro atoms. The average Bonchev–Trinajstić information content (AvgIpc) is 2.87. The van der Waals surface area contributed by atoms with Crippen molar-refractivity contribution in [1.29, 1.82) is 0 Å². The fourth-order valence-corrected chi connectivity index (χ4v) is 3.68. The Morgan fingerprint density at radius 1 is 0.825 bits per heavy atom. The first-order valence-electron chi connectivity index (χ1n) is 14.3. The number of ether oxygens (including phenoxy) is 4. The molecule has 4 unspecified atom stereocenters. The van der Waals surface area contributed by atoms with Gasteiger partial charge in [-0.1, -0.05) is 59.9 Å². The number of hydrogen-bond acceptors (Lipinski definition) is 9. The van der Waals surface area contributed by atoms with Gasteiger partial charge in [0.25, 0.3) is 0 Å². The molecule has 0 radical (unpaired) electrons. The summed E-state index contributed by atoms with van der Waals surface area (Å²) in [4.78, 5) is 48.9. The Kier molecular flexibility index (Phi) is 15.9. The van der Waals surface area contributed by atoms with Gasteiger partial charge in [-0.15, -0.1) is 0 Å². The lowest BCUT2D eigenvalue weighted by Gasteiger charge is -2.20. The van der Waals surface area contributed by atoms with E-state index in [1.807, 2.05) is 34.6 Å². The average molecular weight is 566 g/mol. The molecule has 1 rings (SSSR count). The lowest BCUT2D eigenvalue weighted by Crippen LogP contribution is -2.42. The topological polar surface area (TPSA) is 137 Å². The predicted molar refractivity (Wildman–Crippen MR) is 150 cm³/mol. The van der Waals surface area contributed by atoms with Gasteiger partial charge in [-0.3, -0.25) is 14.4 Å². The van der Waals surface area contributed by atoms with Gasteiger partial charge in [-0.25, -0.2) is 4.79 Å². The van der Waals surface area contributed by atoms with E-state index in [0.717, 1.165) is 19.3 Å².